The summed E-state index contributed by atoms with van der Waals surface area (Å²) in [6.07, 6.45) is 6.00. The van der Waals surface area contributed by atoms with Gasteiger partial charge in [-0.25, -0.2) is 8.42 Å². The van der Waals surface area contributed by atoms with Crippen LogP contribution in [0.3, 0.4) is 0 Å². The Labute approximate surface area is 141 Å². The fourth-order valence-electron chi connectivity index (χ4n) is 2.25. The van der Waals surface area contributed by atoms with E-state index in [0.29, 0.717) is 18.8 Å². The highest BCUT2D eigenvalue weighted by molar-refractivity contribution is 7.92. The molecule has 0 fully saturated rings. The summed E-state index contributed by atoms with van der Waals surface area (Å²) in [4.78, 5) is 0.135. The Balaban J connectivity index is 1.72. The van der Waals surface area contributed by atoms with E-state index in [0.717, 1.165) is 5.56 Å². The van der Waals surface area contributed by atoms with E-state index in [1.807, 2.05) is 38.1 Å². The zero-order valence-corrected chi connectivity index (χ0v) is 14.4. The van der Waals surface area contributed by atoms with Gasteiger partial charge in [-0.2, -0.15) is 10.2 Å². The highest BCUT2D eigenvalue weighted by Gasteiger charge is 2.17. The second kappa shape index (κ2) is 6.48. The van der Waals surface area contributed by atoms with Gasteiger partial charge in [0.15, 0.2) is 0 Å². The Morgan fingerprint density at radius 3 is 2.42 bits per heavy atom. The maximum atomic E-state index is 12.3. The van der Waals surface area contributed by atoms with E-state index in [9.17, 15) is 8.42 Å². The fourth-order valence-corrected chi connectivity index (χ4v) is 3.23. The summed E-state index contributed by atoms with van der Waals surface area (Å²) in [5, 5.41) is 8.19. The summed E-state index contributed by atoms with van der Waals surface area (Å²) < 4.78 is 30.4. The molecule has 0 aliphatic heterocycles. The molecule has 1 N–H and O–H groups in total. The maximum absolute atomic E-state index is 12.3. The van der Waals surface area contributed by atoms with Gasteiger partial charge in [0.25, 0.3) is 10.0 Å². The van der Waals surface area contributed by atoms with Gasteiger partial charge in [-0.3, -0.25) is 14.1 Å². The molecule has 24 heavy (non-hydrogen) atoms. The van der Waals surface area contributed by atoms with E-state index in [1.165, 1.54) is 24.2 Å². The Morgan fingerprint density at radius 2 is 1.75 bits per heavy atom. The lowest BCUT2D eigenvalue weighted by atomic mass is 10.1. The molecule has 0 amide bonds. The number of aromatic nitrogens is 4. The first-order valence-electron chi connectivity index (χ1n) is 7.59. The summed E-state index contributed by atoms with van der Waals surface area (Å²) in [6, 6.07) is 8.13. The highest BCUT2D eigenvalue weighted by atomic mass is 32.2. The van der Waals surface area contributed by atoms with E-state index < -0.39 is 10.0 Å². The average molecular weight is 345 g/mol. The standard InChI is InChI=1S/C16H19N5O2S/c1-3-20-12-16(9-18-20)24(22,23)19-15-8-17-21(11-15)10-14-6-4-13(2)5-7-14/h4-9,11-12,19H,3,10H2,1-2H3. The van der Waals surface area contributed by atoms with Crippen LogP contribution in [-0.2, 0) is 23.1 Å². The van der Waals surface area contributed by atoms with E-state index >= 15 is 0 Å². The lowest BCUT2D eigenvalue weighted by Gasteiger charge is -2.04. The molecule has 2 heterocycles. The number of rotatable bonds is 6. The van der Waals surface area contributed by atoms with Crippen LogP contribution in [0.15, 0.2) is 53.9 Å². The Bertz CT molecular complexity index is 926. The van der Waals surface area contributed by atoms with Crippen molar-refractivity contribution < 1.29 is 8.42 Å². The lowest BCUT2D eigenvalue weighted by molar-refractivity contribution is 0.600. The van der Waals surface area contributed by atoms with Crippen molar-refractivity contribution in [2.24, 2.45) is 0 Å². The quantitative estimate of drug-likeness (QED) is 0.743. The molecule has 3 rings (SSSR count). The lowest BCUT2D eigenvalue weighted by Crippen LogP contribution is -2.12. The summed E-state index contributed by atoms with van der Waals surface area (Å²) >= 11 is 0. The molecule has 0 aliphatic carbocycles. The molecule has 1 aromatic carbocycles. The number of hydrogen-bond acceptors (Lipinski definition) is 4. The Morgan fingerprint density at radius 1 is 1.04 bits per heavy atom. The van der Waals surface area contributed by atoms with E-state index in [1.54, 1.807) is 15.6 Å². The predicted octanol–water partition coefficient (Wildman–Crippen LogP) is 2.26. The summed E-state index contributed by atoms with van der Waals surface area (Å²) in [5.41, 5.74) is 2.72. The molecule has 0 aliphatic rings. The monoisotopic (exact) mass is 345 g/mol. The van der Waals surface area contributed by atoms with Crippen molar-refractivity contribution in [2.45, 2.75) is 31.8 Å². The molecular weight excluding hydrogens is 326 g/mol. The largest absolute Gasteiger partial charge is 0.276 e. The van der Waals surface area contributed by atoms with Gasteiger partial charge in [-0.15, -0.1) is 0 Å². The van der Waals surface area contributed by atoms with Crippen LogP contribution in [0.25, 0.3) is 0 Å². The summed E-state index contributed by atoms with van der Waals surface area (Å²) in [5.74, 6) is 0. The van der Waals surface area contributed by atoms with Crippen LogP contribution in [0, 0.1) is 6.92 Å². The van der Waals surface area contributed by atoms with E-state index in [-0.39, 0.29) is 4.90 Å². The topological polar surface area (TPSA) is 81.8 Å². The first-order valence-corrected chi connectivity index (χ1v) is 9.08. The fraction of sp³-hybridized carbons (Fsp3) is 0.250. The first kappa shape index (κ1) is 16.3. The molecule has 0 saturated heterocycles. The van der Waals surface area contributed by atoms with Crippen LogP contribution in [0.1, 0.15) is 18.1 Å². The third-order valence-electron chi connectivity index (χ3n) is 3.59. The normalized spacial score (nSPS) is 11.6. The van der Waals surface area contributed by atoms with Gasteiger partial charge >= 0.3 is 0 Å². The molecule has 126 valence electrons. The van der Waals surface area contributed by atoms with Gasteiger partial charge in [0.05, 0.1) is 24.6 Å². The predicted molar refractivity (Wildman–Crippen MR) is 91.2 cm³/mol. The molecular formula is C16H19N5O2S. The second-order valence-corrected chi connectivity index (χ2v) is 7.23. The molecule has 0 atom stereocenters. The molecule has 0 unspecified atom stereocenters. The second-order valence-electron chi connectivity index (χ2n) is 5.55. The third-order valence-corrected chi connectivity index (χ3v) is 4.93. The van der Waals surface area contributed by atoms with Crippen LogP contribution in [0.4, 0.5) is 5.69 Å². The van der Waals surface area contributed by atoms with E-state index in [4.69, 9.17) is 0 Å². The number of nitrogens with zero attached hydrogens (tertiary/aromatic N) is 4. The van der Waals surface area contributed by atoms with Gasteiger partial charge in [0, 0.05) is 18.9 Å². The van der Waals surface area contributed by atoms with Gasteiger partial charge in [-0.1, -0.05) is 29.8 Å². The summed E-state index contributed by atoms with van der Waals surface area (Å²) in [6.45, 7) is 5.12. The van der Waals surface area contributed by atoms with Crippen LogP contribution in [-0.4, -0.2) is 28.0 Å². The summed E-state index contributed by atoms with van der Waals surface area (Å²) in [7, 11) is -3.65. The molecule has 0 spiro atoms. The Hall–Kier alpha value is -2.61. The minimum Gasteiger partial charge on any atom is -0.276 e. The zero-order chi connectivity index (χ0) is 17.2. The van der Waals surface area contributed by atoms with Gasteiger partial charge in [-0.05, 0) is 19.4 Å². The van der Waals surface area contributed by atoms with Crippen LogP contribution in [0.2, 0.25) is 0 Å². The molecule has 7 nitrogen and oxygen atoms in total. The van der Waals surface area contributed by atoms with E-state index in [2.05, 4.69) is 14.9 Å². The number of anilines is 1. The van der Waals surface area contributed by atoms with Crippen molar-refractivity contribution in [3.63, 3.8) is 0 Å². The van der Waals surface area contributed by atoms with Crippen molar-refractivity contribution in [1.82, 2.24) is 19.6 Å². The average Bonchev–Trinajstić information content (AvgIpc) is 3.19. The SMILES string of the molecule is CCn1cc(S(=O)(=O)Nc2cnn(Cc3ccc(C)cc3)c2)cn1. The first-order chi connectivity index (χ1) is 11.5. The van der Waals surface area contributed by atoms with Crippen LogP contribution < -0.4 is 4.72 Å². The van der Waals surface area contributed by atoms with Crippen molar-refractivity contribution in [2.75, 3.05) is 4.72 Å². The Kier molecular flexibility index (Phi) is 4.39. The number of nitrogens with one attached hydrogen (secondary N) is 1. The third kappa shape index (κ3) is 3.65. The van der Waals surface area contributed by atoms with Crippen molar-refractivity contribution in [3.8, 4) is 0 Å². The number of benzene rings is 1. The van der Waals surface area contributed by atoms with Crippen molar-refractivity contribution in [1.29, 1.82) is 0 Å². The maximum Gasteiger partial charge on any atom is 0.265 e. The minimum atomic E-state index is -3.65. The molecule has 3 aromatic rings. The number of aryl methyl sites for hydroxylation is 2. The molecule has 0 radical (unpaired) electrons. The minimum absolute atomic E-state index is 0.135. The molecule has 0 bridgehead atoms. The van der Waals surface area contributed by atoms with Gasteiger partial charge in [0.1, 0.15) is 4.90 Å². The zero-order valence-electron chi connectivity index (χ0n) is 13.5. The van der Waals surface area contributed by atoms with Crippen molar-refractivity contribution in [3.05, 3.63) is 60.2 Å². The van der Waals surface area contributed by atoms with Crippen LogP contribution >= 0.6 is 0 Å². The van der Waals surface area contributed by atoms with Crippen molar-refractivity contribution >= 4 is 15.7 Å². The molecule has 0 saturated carbocycles. The van der Waals surface area contributed by atoms with Crippen LogP contribution in [0.5, 0.6) is 0 Å². The number of hydrogen-bond donors (Lipinski definition) is 1. The number of sulfonamides is 1. The highest BCUT2D eigenvalue weighted by Crippen LogP contribution is 2.15. The van der Waals surface area contributed by atoms with Gasteiger partial charge < -0.3 is 0 Å². The van der Waals surface area contributed by atoms with Gasteiger partial charge in [0.2, 0.25) is 0 Å². The molecule has 2 aromatic heterocycles. The smallest absolute Gasteiger partial charge is 0.265 e. The molecule has 8 heteroatoms.